The van der Waals surface area contributed by atoms with Crippen LogP contribution in [0.1, 0.15) is 11.1 Å². The van der Waals surface area contributed by atoms with Crippen molar-refractivity contribution >= 4 is 31.6 Å². The minimum atomic E-state index is -3.72. The van der Waals surface area contributed by atoms with E-state index in [0.717, 1.165) is 10.0 Å². The number of phenols is 1. The highest BCUT2D eigenvalue weighted by atomic mass is 79.9. The largest absolute Gasteiger partial charge is 0.505 e. The molecule has 20 heavy (non-hydrogen) atoms. The van der Waals surface area contributed by atoms with Crippen LogP contribution in [-0.2, 0) is 10.0 Å². The van der Waals surface area contributed by atoms with Gasteiger partial charge in [-0.15, -0.1) is 0 Å². The molecule has 0 fully saturated rings. The summed E-state index contributed by atoms with van der Waals surface area (Å²) in [4.78, 5) is 0.138. The zero-order valence-corrected chi connectivity index (χ0v) is 13.4. The first kappa shape index (κ1) is 14.9. The molecular formula is C14H14BrNO3S. The van der Waals surface area contributed by atoms with Crippen LogP contribution in [0.2, 0.25) is 0 Å². The molecule has 6 heteroatoms. The first-order valence-corrected chi connectivity index (χ1v) is 8.16. The summed E-state index contributed by atoms with van der Waals surface area (Å²) in [7, 11) is -3.72. The highest BCUT2D eigenvalue weighted by Crippen LogP contribution is 2.30. The van der Waals surface area contributed by atoms with Gasteiger partial charge in [0.2, 0.25) is 0 Å². The predicted molar refractivity (Wildman–Crippen MR) is 82.5 cm³/mol. The molecule has 0 amide bonds. The van der Waals surface area contributed by atoms with Gasteiger partial charge in [0.1, 0.15) is 5.75 Å². The Bertz CT molecular complexity index is 740. The van der Waals surface area contributed by atoms with Crippen molar-refractivity contribution in [1.82, 2.24) is 0 Å². The molecule has 0 aromatic heterocycles. The maximum atomic E-state index is 12.3. The van der Waals surface area contributed by atoms with Crippen LogP contribution in [0.3, 0.4) is 0 Å². The van der Waals surface area contributed by atoms with E-state index in [9.17, 15) is 13.5 Å². The Morgan fingerprint density at radius 3 is 2.30 bits per heavy atom. The average molecular weight is 356 g/mol. The summed E-state index contributed by atoms with van der Waals surface area (Å²) >= 11 is 3.25. The summed E-state index contributed by atoms with van der Waals surface area (Å²) in [5, 5.41) is 9.94. The number of hydrogen-bond acceptors (Lipinski definition) is 3. The molecule has 2 rings (SSSR count). The third-order valence-corrected chi connectivity index (χ3v) is 4.72. The fourth-order valence-corrected chi connectivity index (χ4v) is 3.18. The van der Waals surface area contributed by atoms with Crippen molar-refractivity contribution in [3.05, 3.63) is 52.0 Å². The maximum absolute atomic E-state index is 12.3. The topological polar surface area (TPSA) is 66.4 Å². The molecule has 0 aliphatic carbocycles. The average Bonchev–Trinajstić information content (AvgIpc) is 2.35. The van der Waals surface area contributed by atoms with Crippen LogP contribution in [0.15, 0.2) is 45.8 Å². The number of halogens is 1. The van der Waals surface area contributed by atoms with Crippen LogP contribution < -0.4 is 4.72 Å². The molecule has 0 bridgehead atoms. The molecule has 2 aromatic rings. The van der Waals surface area contributed by atoms with Crippen molar-refractivity contribution in [2.24, 2.45) is 0 Å². The van der Waals surface area contributed by atoms with Crippen LogP contribution >= 0.6 is 15.9 Å². The fraction of sp³-hybridized carbons (Fsp3) is 0.143. The summed E-state index contributed by atoms with van der Waals surface area (Å²) in [5.41, 5.74) is 1.68. The number of anilines is 1. The number of hydrogen-bond donors (Lipinski definition) is 2. The Kier molecular flexibility index (Phi) is 4.06. The minimum Gasteiger partial charge on any atom is -0.505 e. The Hall–Kier alpha value is -1.53. The van der Waals surface area contributed by atoms with Gasteiger partial charge < -0.3 is 5.11 Å². The molecule has 0 aliphatic heterocycles. The van der Waals surface area contributed by atoms with E-state index in [-0.39, 0.29) is 16.3 Å². The molecule has 0 saturated carbocycles. The predicted octanol–water partition coefficient (Wildman–Crippen LogP) is 3.57. The van der Waals surface area contributed by atoms with Gasteiger partial charge in [0.05, 0.1) is 10.6 Å². The Balaban J connectivity index is 2.41. The van der Waals surface area contributed by atoms with Crippen molar-refractivity contribution in [3.63, 3.8) is 0 Å². The van der Waals surface area contributed by atoms with Gasteiger partial charge in [-0.1, -0.05) is 22.0 Å². The molecular weight excluding hydrogens is 342 g/mol. The smallest absolute Gasteiger partial charge is 0.262 e. The Morgan fingerprint density at radius 1 is 1.10 bits per heavy atom. The Morgan fingerprint density at radius 2 is 1.70 bits per heavy atom. The fourth-order valence-electron chi connectivity index (χ4n) is 1.86. The molecule has 0 aliphatic rings. The van der Waals surface area contributed by atoms with Crippen LogP contribution in [-0.4, -0.2) is 13.5 Å². The molecule has 0 radical (unpaired) electrons. The summed E-state index contributed by atoms with van der Waals surface area (Å²) in [6, 6.07) is 9.66. The van der Waals surface area contributed by atoms with E-state index >= 15 is 0 Å². The third-order valence-electron chi connectivity index (χ3n) is 2.81. The lowest BCUT2D eigenvalue weighted by Gasteiger charge is -2.12. The number of aromatic hydroxyl groups is 1. The van der Waals surface area contributed by atoms with Gasteiger partial charge in [0, 0.05) is 4.47 Å². The van der Waals surface area contributed by atoms with Crippen molar-refractivity contribution in [1.29, 1.82) is 0 Å². The lowest BCUT2D eigenvalue weighted by Crippen LogP contribution is -2.13. The molecule has 0 saturated heterocycles. The molecule has 0 unspecified atom stereocenters. The molecule has 4 nitrogen and oxygen atoms in total. The van der Waals surface area contributed by atoms with Crippen LogP contribution in [0, 0.1) is 13.8 Å². The number of sulfonamides is 1. The van der Waals surface area contributed by atoms with E-state index in [1.807, 2.05) is 6.92 Å². The number of benzene rings is 2. The summed E-state index contributed by atoms with van der Waals surface area (Å²) in [5.74, 6) is -0.0590. The van der Waals surface area contributed by atoms with Crippen LogP contribution in [0.4, 0.5) is 5.69 Å². The number of aryl methyl sites for hydroxylation is 2. The number of nitrogens with one attached hydrogen (secondary N) is 1. The van der Waals surface area contributed by atoms with Gasteiger partial charge in [-0.3, -0.25) is 4.72 Å². The van der Waals surface area contributed by atoms with Gasteiger partial charge in [-0.05, 0) is 55.3 Å². The van der Waals surface area contributed by atoms with Gasteiger partial charge in [-0.2, -0.15) is 0 Å². The van der Waals surface area contributed by atoms with Crippen molar-refractivity contribution in [2.45, 2.75) is 18.7 Å². The second-order valence-electron chi connectivity index (χ2n) is 4.54. The summed E-state index contributed by atoms with van der Waals surface area (Å²) < 4.78 is 27.7. The normalized spacial score (nSPS) is 11.3. The summed E-state index contributed by atoms with van der Waals surface area (Å²) in [6.07, 6.45) is 0. The Labute approximate surface area is 126 Å². The SMILES string of the molecule is Cc1cc(C)c(O)c(NS(=O)(=O)c2ccc(Br)cc2)c1. The molecule has 2 N–H and O–H groups in total. The monoisotopic (exact) mass is 355 g/mol. The maximum Gasteiger partial charge on any atom is 0.262 e. The van der Waals surface area contributed by atoms with E-state index < -0.39 is 10.0 Å². The first-order chi connectivity index (χ1) is 9.29. The first-order valence-electron chi connectivity index (χ1n) is 5.88. The quantitative estimate of drug-likeness (QED) is 0.827. The van der Waals surface area contributed by atoms with E-state index in [1.165, 1.54) is 12.1 Å². The van der Waals surface area contributed by atoms with E-state index in [4.69, 9.17) is 0 Å². The van der Waals surface area contributed by atoms with Gasteiger partial charge >= 0.3 is 0 Å². The van der Waals surface area contributed by atoms with E-state index in [2.05, 4.69) is 20.7 Å². The van der Waals surface area contributed by atoms with Gasteiger partial charge in [0.25, 0.3) is 10.0 Å². The third kappa shape index (κ3) is 3.13. The van der Waals surface area contributed by atoms with Crippen LogP contribution in [0.25, 0.3) is 0 Å². The standard InChI is InChI=1S/C14H14BrNO3S/c1-9-7-10(2)14(17)13(8-9)16-20(18,19)12-5-3-11(15)4-6-12/h3-8,16-17H,1-2H3. The van der Waals surface area contributed by atoms with Gasteiger partial charge in [-0.25, -0.2) is 8.42 Å². The highest BCUT2D eigenvalue weighted by molar-refractivity contribution is 9.10. The molecule has 106 valence electrons. The van der Waals surface area contributed by atoms with Crippen molar-refractivity contribution in [2.75, 3.05) is 4.72 Å². The van der Waals surface area contributed by atoms with Crippen LogP contribution in [0.5, 0.6) is 5.75 Å². The lowest BCUT2D eigenvalue weighted by atomic mass is 10.1. The van der Waals surface area contributed by atoms with Crippen molar-refractivity contribution in [3.8, 4) is 5.75 Å². The van der Waals surface area contributed by atoms with E-state index in [1.54, 1.807) is 31.2 Å². The lowest BCUT2D eigenvalue weighted by molar-refractivity contribution is 0.473. The molecule has 0 heterocycles. The summed E-state index contributed by atoms with van der Waals surface area (Å²) in [6.45, 7) is 3.56. The second-order valence-corrected chi connectivity index (χ2v) is 7.14. The molecule has 2 aromatic carbocycles. The van der Waals surface area contributed by atoms with E-state index in [0.29, 0.717) is 5.56 Å². The zero-order chi connectivity index (χ0) is 14.9. The molecule has 0 spiro atoms. The zero-order valence-electron chi connectivity index (χ0n) is 11.0. The van der Waals surface area contributed by atoms with Crippen molar-refractivity contribution < 1.29 is 13.5 Å². The second kappa shape index (κ2) is 5.46. The number of phenolic OH excluding ortho intramolecular Hbond substituents is 1. The highest BCUT2D eigenvalue weighted by Gasteiger charge is 2.17. The van der Waals surface area contributed by atoms with Gasteiger partial charge in [0.15, 0.2) is 0 Å². The minimum absolute atomic E-state index is 0.0590. The molecule has 0 atom stereocenters. The number of rotatable bonds is 3.